The van der Waals surface area contributed by atoms with E-state index in [0.717, 1.165) is 30.8 Å². The number of piperazine rings is 1. The lowest BCUT2D eigenvalue weighted by Gasteiger charge is -2.40. The van der Waals surface area contributed by atoms with Crippen molar-refractivity contribution in [2.45, 2.75) is 56.7 Å². The lowest BCUT2D eigenvalue weighted by molar-refractivity contribution is 0.0307. The lowest BCUT2D eigenvalue weighted by atomic mass is 9.98. The van der Waals surface area contributed by atoms with E-state index in [1.54, 1.807) is 0 Å². The molecule has 9 heteroatoms. The number of aryl methyl sites for hydroxylation is 1. The van der Waals surface area contributed by atoms with Crippen LogP contribution in [0.3, 0.4) is 0 Å². The molecule has 1 aliphatic carbocycles. The summed E-state index contributed by atoms with van der Waals surface area (Å²) in [5, 5.41) is 26.9. The first-order valence-electron chi connectivity index (χ1n) is 13.1. The molecule has 0 radical (unpaired) electrons. The largest absolute Gasteiger partial charge is 0.384 e. The first-order chi connectivity index (χ1) is 18.0. The van der Waals surface area contributed by atoms with Crippen molar-refractivity contribution in [3.05, 3.63) is 59.4 Å². The molecule has 2 bridgehead atoms. The van der Waals surface area contributed by atoms with Gasteiger partial charge in [0.25, 0.3) is 0 Å². The molecule has 2 saturated heterocycles. The second-order valence-electron chi connectivity index (χ2n) is 10.4. The Hall–Kier alpha value is -3.74. The van der Waals surface area contributed by atoms with E-state index in [1.165, 1.54) is 24.7 Å². The maximum Gasteiger partial charge on any atom is 0.229 e. The van der Waals surface area contributed by atoms with Crippen LogP contribution in [0.5, 0.6) is 0 Å². The quantitative estimate of drug-likeness (QED) is 0.465. The fourth-order valence-corrected chi connectivity index (χ4v) is 5.92. The third-order valence-electron chi connectivity index (χ3n) is 8.30. The van der Waals surface area contributed by atoms with Crippen molar-refractivity contribution in [2.75, 3.05) is 35.7 Å². The highest BCUT2D eigenvalue weighted by molar-refractivity contribution is 5.65. The van der Waals surface area contributed by atoms with E-state index < -0.39 is 5.60 Å². The van der Waals surface area contributed by atoms with Crippen molar-refractivity contribution in [3.8, 4) is 6.07 Å². The second kappa shape index (κ2) is 9.29. The summed E-state index contributed by atoms with van der Waals surface area (Å²) in [5.41, 5.74) is 3.29. The number of aliphatic hydroxyl groups is 1. The van der Waals surface area contributed by atoms with Crippen LogP contribution in [0.25, 0.3) is 0 Å². The Kier molecular flexibility index (Phi) is 5.94. The Balaban J connectivity index is 1.18. The van der Waals surface area contributed by atoms with E-state index in [0.29, 0.717) is 53.8 Å². The van der Waals surface area contributed by atoms with Gasteiger partial charge in [-0.3, -0.25) is 4.90 Å². The summed E-state index contributed by atoms with van der Waals surface area (Å²) in [7, 11) is 2.25. The van der Waals surface area contributed by atoms with E-state index in [-0.39, 0.29) is 0 Å². The van der Waals surface area contributed by atoms with Crippen LogP contribution < -0.4 is 15.5 Å². The molecule has 3 N–H and O–H groups in total. The zero-order valence-corrected chi connectivity index (χ0v) is 21.3. The highest BCUT2D eigenvalue weighted by atomic mass is 16.3. The standard InChI is InChI=1S/C28H32N8O/c1-3-28(37)13-12-18-4-11-24(32-25(18)28)33-26-19(14-29)15-30-27(34-26)31-20-5-7-21(8-6-20)36-16-22-9-10-23(17-36)35(22)2/h4-8,11,15,22-23,37H,3,9-10,12-13,16-17H2,1-2H3,(H2,30,31,32,33,34). The molecule has 6 rings (SSSR count). The van der Waals surface area contributed by atoms with Gasteiger partial charge in [-0.05, 0) is 75.0 Å². The summed E-state index contributed by atoms with van der Waals surface area (Å²) in [6, 6.07) is 15.6. The van der Waals surface area contributed by atoms with Crippen LogP contribution >= 0.6 is 0 Å². The van der Waals surface area contributed by atoms with E-state index in [4.69, 9.17) is 0 Å². The molecule has 3 aliphatic rings. The Morgan fingerprint density at radius 3 is 2.54 bits per heavy atom. The molecule has 3 atom stereocenters. The summed E-state index contributed by atoms with van der Waals surface area (Å²) in [6.45, 7) is 4.11. The number of likely N-dealkylation sites (N-methyl/N-ethyl adjacent to an activating group) is 1. The number of hydrogen-bond donors (Lipinski definition) is 3. The number of rotatable bonds is 6. The van der Waals surface area contributed by atoms with Crippen LogP contribution in [-0.2, 0) is 12.0 Å². The number of nitriles is 1. The SMILES string of the molecule is CCC1(O)CCc2ccc(Nc3nc(Nc4ccc(N5CC6CCC(C5)N6C)cc4)ncc3C#N)nc21. The molecule has 9 nitrogen and oxygen atoms in total. The van der Waals surface area contributed by atoms with Gasteiger partial charge in [0.2, 0.25) is 5.95 Å². The van der Waals surface area contributed by atoms with Gasteiger partial charge in [0.1, 0.15) is 23.1 Å². The van der Waals surface area contributed by atoms with Crippen molar-refractivity contribution in [1.29, 1.82) is 5.26 Å². The highest BCUT2D eigenvalue weighted by Gasteiger charge is 2.38. The summed E-state index contributed by atoms with van der Waals surface area (Å²) in [6.07, 6.45) is 6.16. The molecular weight excluding hydrogens is 464 g/mol. The predicted molar refractivity (Wildman–Crippen MR) is 143 cm³/mol. The Bertz CT molecular complexity index is 1340. The summed E-state index contributed by atoms with van der Waals surface area (Å²) >= 11 is 0. The van der Waals surface area contributed by atoms with Crippen LogP contribution in [0, 0.1) is 11.3 Å². The van der Waals surface area contributed by atoms with Crippen molar-refractivity contribution in [2.24, 2.45) is 0 Å². The smallest absolute Gasteiger partial charge is 0.229 e. The third kappa shape index (κ3) is 4.37. The van der Waals surface area contributed by atoms with Gasteiger partial charge in [0, 0.05) is 36.5 Å². The molecule has 1 aromatic carbocycles. The van der Waals surface area contributed by atoms with E-state index in [2.05, 4.69) is 60.6 Å². The van der Waals surface area contributed by atoms with Crippen molar-refractivity contribution >= 4 is 29.0 Å². The molecule has 3 unspecified atom stereocenters. The van der Waals surface area contributed by atoms with Crippen LogP contribution in [-0.4, -0.2) is 57.2 Å². The highest BCUT2D eigenvalue weighted by Crippen LogP contribution is 2.39. The number of benzene rings is 1. The van der Waals surface area contributed by atoms with Crippen LogP contribution in [0.15, 0.2) is 42.6 Å². The van der Waals surface area contributed by atoms with Crippen LogP contribution in [0.4, 0.5) is 29.0 Å². The van der Waals surface area contributed by atoms with Crippen LogP contribution in [0.2, 0.25) is 0 Å². The maximum atomic E-state index is 10.9. The summed E-state index contributed by atoms with van der Waals surface area (Å²) in [5.74, 6) is 1.30. The van der Waals surface area contributed by atoms with Crippen molar-refractivity contribution in [1.82, 2.24) is 19.9 Å². The number of nitrogens with one attached hydrogen (secondary N) is 2. The lowest BCUT2D eigenvalue weighted by Crippen LogP contribution is -2.51. The fourth-order valence-electron chi connectivity index (χ4n) is 5.92. The monoisotopic (exact) mass is 496 g/mol. The minimum Gasteiger partial charge on any atom is -0.384 e. The number of aromatic nitrogens is 3. The van der Waals surface area contributed by atoms with E-state index in [9.17, 15) is 10.4 Å². The zero-order valence-electron chi connectivity index (χ0n) is 21.3. The molecule has 0 amide bonds. The molecular formula is C28H32N8O. The molecule has 0 spiro atoms. The molecule has 2 aliphatic heterocycles. The molecule has 2 aromatic heterocycles. The summed E-state index contributed by atoms with van der Waals surface area (Å²) < 4.78 is 0. The second-order valence-corrected chi connectivity index (χ2v) is 10.4. The zero-order chi connectivity index (χ0) is 25.6. The maximum absolute atomic E-state index is 10.9. The van der Waals surface area contributed by atoms with Gasteiger partial charge in [-0.25, -0.2) is 9.97 Å². The number of fused-ring (bicyclic) bond motifs is 3. The Morgan fingerprint density at radius 2 is 1.84 bits per heavy atom. The van der Waals surface area contributed by atoms with Gasteiger partial charge < -0.3 is 20.6 Å². The van der Waals surface area contributed by atoms with E-state index >= 15 is 0 Å². The van der Waals surface area contributed by atoms with Crippen LogP contribution in [0.1, 0.15) is 49.4 Å². The molecule has 190 valence electrons. The van der Waals surface area contributed by atoms with Gasteiger partial charge in [0.15, 0.2) is 5.82 Å². The predicted octanol–water partition coefficient (Wildman–Crippen LogP) is 4.06. The average molecular weight is 497 g/mol. The fraction of sp³-hybridized carbons (Fsp3) is 0.429. The molecule has 3 aromatic rings. The molecule has 37 heavy (non-hydrogen) atoms. The minimum atomic E-state index is -0.903. The third-order valence-corrected chi connectivity index (χ3v) is 8.30. The van der Waals surface area contributed by atoms with E-state index in [1.807, 2.05) is 31.2 Å². The molecule has 0 saturated carbocycles. The summed E-state index contributed by atoms with van der Waals surface area (Å²) in [4.78, 5) is 18.6. The minimum absolute atomic E-state index is 0.318. The van der Waals surface area contributed by atoms with Gasteiger partial charge in [-0.2, -0.15) is 10.2 Å². The van der Waals surface area contributed by atoms with Gasteiger partial charge in [0.05, 0.1) is 11.9 Å². The normalized spacial score (nSPS) is 24.5. The number of pyridine rings is 1. The molecule has 4 heterocycles. The number of anilines is 5. The first-order valence-corrected chi connectivity index (χ1v) is 13.1. The van der Waals surface area contributed by atoms with Crippen molar-refractivity contribution in [3.63, 3.8) is 0 Å². The molecule has 2 fully saturated rings. The Morgan fingerprint density at radius 1 is 1.08 bits per heavy atom. The van der Waals surface area contributed by atoms with Gasteiger partial charge in [-0.1, -0.05) is 13.0 Å². The number of hydrogen-bond acceptors (Lipinski definition) is 9. The topological polar surface area (TPSA) is 113 Å². The Labute approximate surface area is 217 Å². The first kappa shape index (κ1) is 23.6. The number of nitrogens with zero attached hydrogens (tertiary/aromatic N) is 6. The van der Waals surface area contributed by atoms with Crippen molar-refractivity contribution < 1.29 is 5.11 Å². The van der Waals surface area contributed by atoms with Gasteiger partial charge >= 0.3 is 0 Å². The van der Waals surface area contributed by atoms with Gasteiger partial charge in [-0.15, -0.1) is 0 Å². The average Bonchev–Trinajstić information content (AvgIpc) is 3.33.